The molecule has 0 radical (unpaired) electrons. The molecule has 1 aliphatic rings. The number of aryl methyl sites for hydroxylation is 1. The quantitative estimate of drug-likeness (QED) is 0.876. The van der Waals surface area contributed by atoms with Crippen molar-refractivity contribution in [1.82, 2.24) is 20.0 Å². The zero-order chi connectivity index (χ0) is 14.1. The molecular formula is C15H20N4O. The Kier molecular flexibility index (Phi) is 3.44. The van der Waals surface area contributed by atoms with Gasteiger partial charge in [-0.25, -0.2) is 4.98 Å². The van der Waals surface area contributed by atoms with Gasteiger partial charge in [0.1, 0.15) is 5.65 Å². The minimum Gasteiger partial charge on any atom is -0.350 e. The standard InChI is InChI=1S/C15H20N4O/c1-10-3-4-14-18-13(9-19(14)8-10)7-17-15(20)11(2)12-5-16-6-12/h3-4,8-9,11-12,16H,5-7H2,1-2H3,(H,17,20). The van der Waals surface area contributed by atoms with Gasteiger partial charge in [0.05, 0.1) is 12.2 Å². The fraction of sp³-hybridized carbons (Fsp3) is 0.467. The summed E-state index contributed by atoms with van der Waals surface area (Å²) in [5, 5.41) is 6.18. The van der Waals surface area contributed by atoms with Gasteiger partial charge >= 0.3 is 0 Å². The summed E-state index contributed by atoms with van der Waals surface area (Å²) in [6.45, 7) is 6.43. The van der Waals surface area contributed by atoms with E-state index in [1.54, 1.807) is 0 Å². The van der Waals surface area contributed by atoms with E-state index in [-0.39, 0.29) is 11.8 Å². The van der Waals surface area contributed by atoms with E-state index in [9.17, 15) is 4.79 Å². The molecule has 0 spiro atoms. The van der Waals surface area contributed by atoms with Crippen LogP contribution in [0.2, 0.25) is 0 Å². The lowest BCUT2D eigenvalue weighted by atomic mass is 9.88. The van der Waals surface area contributed by atoms with Crippen molar-refractivity contribution in [3.63, 3.8) is 0 Å². The number of amides is 1. The maximum atomic E-state index is 12.0. The van der Waals surface area contributed by atoms with Crippen molar-refractivity contribution in [2.75, 3.05) is 13.1 Å². The van der Waals surface area contributed by atoms with Crippen molar-refractivity contribution in [1.29, 1.82) is 0 Å². The minimum atomic E-state index is 0.0653. The molecule has 2 aromatic heterocycles. The van der Waals surface area contributed by atoms with E-state index in [4.69, 9.17) is 0 Å². The molecule has 1 saturated heterocycles. The second kappa shape index (κ2) is 5.25. The number of fused-ring (bicyclic) bond motifs is 1. The van der Waals surface area contributed by atoms with E-state index in [0.29, 0.717) is 12.5 Å². The lowest BCUT2D eigenvalue weighted by molar-refractivity contribution is -0.126. The van der Waals surface area contributed by atoms with Crippen molar-refractivity contribution < 1.29 is 4.79 Å². The molecular weight excluding hydrogens is 252 g/mol. The van der Waals surface area contributed by atoms with Crippen LogP contribution < -0.4 is 10.6 Å². The first kappa shape index (κ1) is 13.1. The van der Waals surface area contributed by atoms with Crippen LogP contribution in [0.1, 0.15) is 18.2 Å². The van der Waals surface area contributed by atoms with Gasteiger partial charge in [0, 0.05) is 18.3 Å². The molecule has 2 aromatic rings. The van der Waals surface area contributed by atoms with Crippen LogP contribution in [-0.2, 0) is 11.3 Å². The molecule has 2 N–H and O–H groups in total. The summed E-state index contributed by atoms with van der Waals surface area (Å²) in [6, 6.07) is 4.03. The normalized spacial score (nSPS) is 16.9. The van der Waals surface area contributed by atoms with E-state index in [2.05, 4.69) is 22.5 Å². The van der Waals surface area contributed by atoms with Crippen molar-refractivity contribution in [3.8, 4) is 0 Å². The topological polar surface area (TPSA) is 58.4 Å². The third-order valence-electron chi connectivity index (χ3n) is 4.03. The molecule has 1 aliphatic heterocycles. The number of aromatic nitrogens is 2. The Balaban J connectivity index is 1.62. The first-order valence-electron chi connectivity index (χ1n) is 7.06. The molecule has 1 amide bonds. The highest BCUT2D eigenvalue weighted by Crippen LogP contribution is 2.16. The summed E-state index contributed by atoms with van der Waals surface area (Å²) in [7, 11) is 0. The zero-order valence-corrected chi connectivity index (χ0v) is 11.9. The van der Waals surface area contributed by atoms with E-state index < -0.39 is 0 Å². The molecule has 5 nitrogen and oxygen atoms in total. The van der Waals surface area contributed by atoms with Crippen molar-refractivity contribution in [2.24, 2.45) is 11.8 Å². The van der Waals surface area contributed by atoms with Crippen LogP contribution in [0.5, 0.6) is 0 Å². The maximum absolute atomic E-state index is 12.0. The Labute approximate surface area is 118 Å². The van der Waals surface area contributed by atoms with E-state index >= 15 is 0 Å². The molecule has 20 heavy (non-hydrogen) atoms. The third kappa shape index (κ3) is 2.54. The van der Waals surface area contributed by atoms with Gasteiger partial charge in [0.2, 0.25) is 5.91 Å². The first-order chi connectivity index (χ1) is 9.63. The first-order valence-corrected chi connectivity index (χ1v) is 7.06. The molecule has 3 rings (SSSR count). The van der Waals surface area contributed by atoms with Gasteiger partial charge in [-0.3, -0.25) is 4.79 Å². The fourth-order valence-electron chi connectivity index (χ4n) is 2.46. The zero-order valence-electron chi connectivity index (χ0n) is 11.9. The summed E-state index contributed by atoms with van der Waals surface area (Å²) < 4.78 is 2.00. The van der Waals surface area contributed by atoms with Gasteiger partial charge in [-0.1, -0.05) is 13.0 Å². The van der Waals surface area contributed by atoms with Crippen molar-refractivity contribution >= 4 is 11.6 Å². The number of rotatable bonds is 4. The number of imidazole rings is 1. The van der Waals surface area contributed by atoms with Gasteiger partial charge < -0.3 is 15.0 Å². The van der Waals surface area contributed by atoms with Crippen LogP contribution in [0.15, 0.2) is 24.5 Å². The smallest absolute Gasteiger partial charge is 0.223 e. The molecule has 0 bridgehead atoms. The molecule has 3 heterocycles. The SMILES string of the molecule is Cc1ccc2nc(CNC(=O)C(C)C3CNC3)cn2c1. The Morgan fingerprint density at radius 1 is 1.50 bits per heavy atom. The highest BCUT2D eigenvalue weighted by atomic mass is 16.1. The number of pyridine rings is 1. The highest BCUT2D eigenvalue weighted by Gasteiger charge is 2.28. The van der Waals surface area contributed by atoms with E-state index in [1.165, 1.54) is 5.56 Å². The van der Waals surface area contributed by atoms with Crippen molar-refractivity contribution in [2.45, 2.75) is 20.4 Å². The maximum Gasteiger partial charge on any atom is 0.223 e. The summed E-state index contributed by atoms with van der Waals surface area (Å²) in [4.78, 5) is 16.5. The van der Waals surface area contributed by atoms with E-state index in [0.717, 1.165) is 24.4 Å². The lowest BCUT2D eigenvalue weighted by Gasteiger charge is -2.31. The number of nitrogens with zero attached hydrogens (tertiary/aromatic N) is 2. The van der Waals surface area contributed by atoms with Gasteiger partial charge in [0.15, 0.2) is 0 Å². The Morgan fingerprint density at radius 3 is 3.00 bits per heavy atom. The predicted octanol–water partition coefficient (Wildman–Crippen LogP) is 1.11. The highest BCUT2D eigenvalue weighted by molar-refractivity contribution is 5.78. The van der Waals surface area contributed by atoms with Gasteiger partial charge in [-0.2, -0.15) is 0 Å². The second-order valence-corrected chi connectivity index (χ2v) is 5.63. The molecule has 0 saturated carbocycles. The fourth-order valence-corrected chi connectivity index (χ4v) is 2.46. The molecule has 106 valence electrons. The monoisotopic (exact) mass is 272 g/mol. The Bertz CT molecular complexity index is 630. The molecule has 1 fully saturated rings. The molecule has 5 heteroatoms. The van der Waals surface area contributed by atoms with Crippen LogP contribution >= 0.6 is 0 Å². The summed E-state index contributed by atoms with van der Waals surface area (Å²) >= 11 is 0. The van der Waals surface area contributed by atoms with Crippen molar-refractivity contribution in [3.05, 3.63) is 35.8 Å². The average molecular weight is 272 g/mol. The summed E-state index contributed by atoms with van der Waals surface area (Å²) in [5.74, 6) is 0.652. The third-order valence-corrected chi connectivity index (χ3v) is 4.03. The summed E-state index contributed by atoms with van der Waals surface area (Å²) in [5.41, 5.74) is 3.00. The predicted molar refractivity (Wildman–Crippen MR) is 77.3 cm³/mol. The average Bonchev–Trinajstić information content (AvgIpc) is 2.75. The number of hydrogen-bond acceptors (Lipinski definition) is 3. The number of nitrogens with one attached hydrogen (secondary N) is 2. The van der Waals surface area contributed by atoms with Crippen LogP contribution in [0.3, 0.4) is 0 Å². The van der Waals surface area contributed by atoms with Gasteiger partial charge in [0.25, 0.3) is 0 Å². The number of carbonyl (C=O) groups excluding carboxylic acids is 1. The lowest BCUT2D eigenvalue weighted by Crippen LogP contribution is -2.49. The number of hydrogen-bond donors (Lipinski definition) is 2. The van der Waals surface area contributed by atoms with Gasteiger partial charge in [-0.15, -0.1) is 0 Å². The Hall–Kier alpha value is -1.88. The Morgan fingerprint density at radius 2 is 2.30 bits per heavy atom. The summed E-state index contributed by atoms with van der Waals surface area (Å²) in [6.07, 6.45) is 4.01. The van der Waals surface area contributed by atoms with Crippen LogP contribution in [0.25, 0.3) is 5.65 Å². The second-order valence-electron chi connectivity index (χ2n) is 5.63. The van der Waals surface area contributed by atoms with Crippen LogP contribution in [0, 0.1) is 18.8 Å². The van der Waals surface area contributed by atoms with E-state index in [1.807, 2.05) is 35.9 Å². The molecule has 0 aliphatic carbocycles. The van der Waals surface area contributed by atoms with Crippen LogP contribution in [0.4, 0.5) is 0 Å². The van der Waals surface area contributed by atoms with Crippen LogP contribution in [-0.4, -0.2) is 28.4 Å². The largest absolute Gasteiger partial charge is 0.350 e. The molecule has 1 atom stereocenters. The molecule has 1 unspecified atom stereocenters. The molecule has 0 aromatic carbocycles. The van der Waals surface area contributed by atoms with Gasteiger partial charge in [-0.05, 0) is 37.6 Å². The number of carbonyl (C=O) groups is 1. The minimum absolute atomic E-state index is 0.0653.